The second kappa shape index (κ2) is 8.11. The van der Waals surface area contributed by atoms with Crippen molar-refractivity contribution in [3.63, 3.8) is 0 Å². The van der Waals surface area contributed by atoms with Gasteiger partial charge in [0, 0.05) is 18.4 Å². The van der Waals surface area contributed by atoms with Crippen LogP contribution in [-0.2, 0) is 16.1 Å². The molecule has 1 aromatic carbocycles. The van der Waals surface area contributed by atoms with Crippen molar-refractivity contribution in [1.29, 1.82) is 0 Å². The van der Waals surface area contributed by atoms with Gasteiger partial charge < -0.3 is 15.2 Å². The summed E-state index contributed by atoms with van der Waals surface area (Å²) >= 11 is 1.21. The van der Waals surface area contributed by atoms with Crippen LogP contribution in [0.4, 0.5) is 5.13 Å². The molecule has 0 radical (unpaired) electrons. The fraction of sp³-hybridized carbons (Fsp3) is 0.200. The smallest absolute Gasteiger partial charge is 0.246 e. The normalized spacial score (nSPS) is 10.4. The van der Waals surface area contributed by atoms with Gasteiger partial charge in [-0.3, -0.25) is 9.59 Å². The number of carbonyl (C=O) groups is 2. The molecule has 0 atom stereocenters. The second-order valence-electron chi connectivity index (χ2n) is 4.95. The number of nitrogens with one attached hydrogen (secondary N) is 2. The van der Waals surface area contributed by atoms with Crippen LogP contribution in [-0.4, -0.2) is 32.2 Å². The van der Waals surface area contributed by atoms with E-state index < -0.39 is 0 Å². The highest BCUT2D eigenvalue weighted by atomic mass is 32.1. The van der Waals surface area contributed by atoms with Crippen molar-refractivity contribution >= 4 is 28.3 Å². The molecule has 3 rings (SSSR count). The van der Waals surface area contributed by atoms with Crippen molar-refractivity contribution in [2.45, 2.75) is 19.4 Å². The first-order valence-corrected chi connectivity index (χ1v) is 8.29. The van der Waals surface area contributed by atoms with Crippen LogP contribution in [0, 0.1) is 0 Å². The zero-order chi connectivity index (χ0) is 17.5. The van der Waals surface area contributed by atoms with E-state index in [0.29, 0.717) is 16.8 Å². The zero-order valence-corrected chi connectivity index (χ0v) is 13.8. The number of hydrogen-bond acceptors (Lipinski definition) is 8. The summed E-state index contributed by atoms with van der Waals surface area (Å²) in [6.07, 6.45) is 0.0921. The number of aromatic nitrogens is 4. The van der Waals surface area contributed by atoms with Gasteiger partial charge in [-0.15, -0.1) is 10.2 Å². The van der Waals surface area contributed by atoms with E-state index in [0.717, 1.165) is 5.56 Å². The average Bonchev–Trinajstić information content (AvgIpc) is 3.31. The number of amides is 2. The maximum absolute atomic E-state index is 11.8. The van der Waals surface area contributed by atoms with Gasteiger partial charge in [-0.05, 0) is 0 Å². The molecule has 0 saturated carbocycles. The molecule has 25 heavy (non-hydrogen) atoms. The van der Waals surface area contributed by atoms with Crippen LogP contribution in [0.2, 0.25) is 0 Å². The molecule has 9 nitrogen and oxygen atoms in total. The topological polar surface area (TPSA) is 123 Å². The molecule has 3 aromatic rings. The molecule has 0 fully saturated rings. The van der Waals surface area contributed by atoms with Crippen LogP contribution in [0.15, 0.2) is 40.4 Å². The number of carbonyl (C=O) groups excluding carboxylic acids is 2. The lowest BCUT2D eigenvalue weighted by atomic mass is 10.2. The quantitative estimate of drug-likeness (QED) is 0.658. The third kappa shape index (κ3) is 4.91. The Morgan fingerprint density at radius 2 is 1.92 bits per heavy atom. The first kappa shape index (κ1) is 16.7. The van der Waals surface area contributed by atoms with Crippen molar-refractivity contribution in [1.82, 2.24) is 25.7 Å². The van der Waals surface area contributed by atoms with Crippen molar-refractivity contribution < 1.29 is 14.1 Å². The molecule has 0 aliphatic rings. The highest BCUT2D eigenvalue weighted by Crippen LogP contribution is 2.14. The van der Waals surface area contributed by atoms with Crippen molar-refractivity contribution in [3.8, 4) is 11.4 Å². The molecule has 0 spiro atoms. The van der Waals surface area contributed by atoms with Crippen molar-refractivity contribution in [3.05, 3.63) is 41.7 Å². The summed E-state index contributed by atoms with van der Waals surface area (Å²) in [6.45, 7) is 0.108. The molecular weight excluding hydrogens is 344 g/mol. The Kier molecular flexibility index (Phi) is 5.42. The van der Waals surface area contributed by atoms with Crippen molar-refractivity contribution in [2.75, 3.05) is 5.32 Å². The summed E-state index contributed by atoms with van der Waals surface area (Å²) in [7, 11) is 0. The number of hydrogen-bond donors (Lipinski definition) is 2. The average molecular weight is 358 g/mol. The molecule has 10 heteroatoms. The van der Waals surface area contributed by atoms with Gasteiger partial charge in [0.05, 0.1) is 6.54 Å². The maximum atomic E-state index is 11.8. The Hall–Kier alpha value is -3.14. The molecule has 2 amide bonds. The summed E-state index contributed by atoms with van der Waals surface area (Å²) in [4.78, 5) is 27.7. The predicted molar refractivity (Wildman–Crippen MR) is 89.4 cm³/mol. The molecule has 2 aromatic heterocycles. The van der Waals surface area contributed by atoms with Gasteiger partial charge >= 0.3 is 0 Å². The number of anilines is 1. The van der Waals surface area contributed by atoms with Crippen LogP contribution in [0.1, 0.15) is 18.7 Å². The summed E-state index contributed by atoms with van der Waals surface area (Å²) in [5.74, 6) is 0.176. The van der Waals surface area contributed by atoms with E-state index in [2.05, 4.69) is 31.0 Å². The number of nitrogens with zero attached hydrogens (tertiary/aromatic N) is 4. The molecule has 0 saturated heterocycles. The van der Waals surface area contributed by atoms with Crippen LogP contribution in [0.3, 0.4) is 0 Å². The van der Waals surface area contributed by atoms with E-state index in [1.165, 1.54) is 16.8 Å². The summed E-state index contributed by atoms with van der Waals surface area (Å²) < 4.78 is 5.10. The van der Waals surface area contributed by atoms with E-state index in [-0.39, 0.29) is 31.2 Å². The van der Waals surface area contributed by atoms with Crippen LogP contribution >= 0.6 is 11.3 Å². The summed E-state index contributed by atoms with van der Waals surface area (Å²) in [5.41, 5.74) is 2.34. The first-order valence-electron chi connectivity index (χ1n) is 7.41. The van der Waals surface area contributed by atoms with Gasteiger partial charge in [-0.1, -0.05) is 46.8 Å². The van der Waals surface area contributed by atoms with E-state index in [1.807, 2.05) is 30.3 Å². The zero-order valence-electron chi connectivity index (χ0n) is 13.0. The predicted octanol–water partition coefficient (Wildman–Crippen LogP) is 1.62. The Bertz CT molecular complexity index is 834. The minimum absolute atomic E-state index is 0.0459. The standard InChI is InChI=1S/C15H14N6O3S/c22-11(6-7-12(23)18-15-20-17-9-25-15)16-8-13-19-14(21-24-13)10-4-2-1-3-5-10/h1-5,9H,6-8H2,(H,16,22)(H,18,20,23). The fourth-order valence-electron chi connectivity index (χ4n) is 1.93. The fourth-order valence-corrected chi connectivity index (χ4v) is 2.39. The third-order valence-corrected chi connectivity index (χ3v) is 3.73. The molecular formula is C15H14N6O3S. The first-order chi connectivity index (χ1) is 12.2. The monoisotopic (exact) mass is 358 g/mol. The molecule has 2 N–H and O–H groups in total. The summed E-state index contributed by atoms with van der Waals surface area (Å²) in [5, 5.41) is 16.8. The Morgan fingerprint density at radius 1 is 1.12 bits per heavy atom. The molecule has 0 aliphatic carbocycles. The van der Waals surface area contributed by atoms with Crippen LogP contribution in [0.25, 0.3) is 11.4 Å². The molecule has 0 aliphatic heterocycles. The minimum Gasteiger partial charge on any atom is -0.347 e. The van der Waals surface area contributed by atoms with Gasteiger partial charge in [0.1, 0.15) is 5.51 Å². The summed E-state index contributed by atoms with van der Waals surface area (Å²) in [6, 6.07) is 9.37. The third-order valence-electron chi connectivity index (χ3n) is 3.12. The maximum Gasteiger partial charge on any atom is 0.246 e. The van der Waals surface area contributed by atoms with E-state index in [1.54, 1.807) is 0 Å². The van der Waals surface area contributed by atoms with Gasteiger partial charge in [0.15, 0.2) is 0 Å². The van der Waals surface area contributed by atoms with E-state index in [4.69, 9.17) is 4.52 Å². The van der Waals surface area contributed by atoms with Crippen LogP contribution < -0.4 is 10.6 Å². The van der Waals surface area contributed by atoms with Crippen molar-refractivity contribution in [2.24, 2.45) is 0 Å². The van der Waals surface area contributed by atoms with Crippen LogP contribution in [0.5, 0.6) is 0 Å². The van der Waals surface area contributed by atoms with Gasteiger partial charge in [-0.25, -0.2) is 0 Å². The number of rotatable bonds is 7. The molecule has 0 unspecified atom stereocenters. The lowest BCUT2D eigenvalue weighted by Crippen LogP contribution is -2.24. The van der Waals surface area contributed by atoms with E-state index >= 15 is 0 Å². The van der Waals surface area contributed by atoms with Gasteiger partial charge in [0.25, 0.3) is 0 Å². The highest BCUT2D eigenvalue weighted by molar-refractivity contribution is 7.13. The second-order valence-corrected chi connectivity index (χ2v) is 5.78. The highest BCUT2D eigenvalue weighted by Gasteiger charge is 2.11. The molecule has 128 valence electrons. The largest absolute Gasteiger partial charge is 0.347 e. The minimum atomic E-state index is -0.295. The lowest BCUT2D eigenvalue weighted by molar-refractivity contribution is -0.124. The Balaban J connectivity index is 1.42. The molecule has 2 heterocycles. The Labute approximate surface area is 146 Å². The van der Waals surface area contributed by atoms with Gasteiger partial charge in [-0.2, -0.15) is 4.98 Å². The van der Waals surface area contributed by atoms with Gasteiger partial charge in [0.2, 0.25) is 28.7 Å². The lowest BCUT2D eigenvalue weighted by Gasteiger charge is -2.02. The Morgan fingerprint density at radius 3 is 2.68 bits per heavy atom. The number of benzene rings is 1. The molecule has 0 bridgehead atoms. The SMILES string of the molecule is O=C(CCC(=O)Nc1nncs1)NCc1nc(-c2ccccc2)no1. The van der Waals surface area contributed by atoms with E-state index in [9.17, 15) is 9.59 Å².